The van der Waals surface area contributed by atoms with Gasteiger partial charge in [0.2, 0.25) is 0 Å². The van der Waals surface area contributed by atoms with E-state index in [1.54, 1.807) is 6.92 Å². The largest absolute Gasteiger partial charge is 0.247 e. The third-order valence-corrected chi connectivity index (χ3v) is 3.50. The Morgan fingerprint density at radius 3 is 1.62 bits per heavy atom. The van der Waals surface area contributed by atoms with Gasteiger partial charge in [-0.05, 0) is 12.8 Å². The third-order valence-electron chi connectivity index (χ3n) is 1.08. The molecule has 0 saturated heterocycles. The summed E-state index contributed by atoms with van der Waals surface area (Å²) in [6, 6.07) is 0. The van der Waals surface area contributed by atoms with Gasteiger partial charge in [-0.1, -0.05) is 36.4 Å². The van der Waals surface area contributed by atoms with Crippen molar-refractivity contribution in [3.05, 3.63) is 0 Å². The maximum absolute atomic E-state index is 12.3. The Labute approximate surface area is 64.0 Å². The maximum atomic E-state index is 12.3. The highest BCUT2D eigenvalue weighted by molar-refractivity contribution is 14.1. The van der Waals surface area contributed by atoms with Gasteiger partial charge < -0.3 is 0 Å². The average Bonchev–Trinajstić information content (AvgIpc) is 1.64. The predicted octanol–water partition coefficient (Wildman–Crippen LogP) is 2.80. The second kappa shape index (κ2) is 3.64. The van der Waals surface area contributed by atoms with Gasteiger partial charge >= 0.3 is 0 Å². The Morgan fingerprint density at radius 1 is 1.25 bits per heavy atom. The molecule has 0 bridgehead atoms. The molecule has 0 rings (SSSR count). The van der Waals surface area contributed by atoms with Crippen molar-refractivity contribution in [3.8, 4) is 0 Å². The first-order chi connectivity index (χ1) is 3.55. The van der Waals surface area contributed by atoms with Crippen LogP contribution in [0.5, 0.6) is 0 Å². The van der Waals surface area contributed by atoms with Gasteiger partial charge in [-0.3, -0.25) is 0 Å². The van der Waals surface area contributed by atoms with Crippen LogP contribution in [-0.4, -0.2) is 10.1 Å². The molecular formula is C6H12FI. The van der Waals surface area contributed by atoms with Crippen LogP contribution in [0, 0.1) is 5.92 Å². The van der Waals surface area contributed by atoms with Crippen molar-refractivity contribution < 1.29 is 4.39 Å². The molecule has 0 nitrogen and oxygen atoms in total. The Hall–Kier alpha value is 0.660. The van der Waals surface area contributed by atoms with Crippen LogP contribution in [0.25, 0.3) is 0 Å². The minimum absolute atomic E-state index is 0.174. The van der Waals surface area contributed by atoms with Gasteiger partial charge in [0.1, 0.15) is 6.17 Å². The Morgan fingerprint density at radius 2 is 1.62 bits per heavy atom. The molecule has 0 saturated carbocycles. The lowest BCUT2D eigenvalue weighted by Crippen LogP contribution is -2.17. The molecule has 0 aliphatic carbocycles. The molecule has 0 spiro atoms. The lowest BCUT2D eigenvalue weighted by atomic mass is 10.1. The summed E-state index contributed by atoms with van der Waals surface area (Å²) in [5.41, 5.74) is 0. The Bertz CT molecular complexity index is 53.5. The number of hydrogen-bond acceptors (Lipinski definition) is 0. The van der Waals surface area contributed by atoms with Crippen LogP contribution in [0.15, 0.2) is 0 Å². The predicted molar refractivity (Wildman–Crippen MR) is 43.2 cm³/mol. The summed E-state index contributed by atoms with van der Waals surface area (Å²) in [6.45, 7) is 5.68. The quantitative estimate of drug-likeness (QED) is 0.505. The van der Waals surface area contributed by atoms with Crippen molar-refractivity contribution in [2.45, 2.75) is 30.9 Å². The standard InChI is InChI=1S/C6H12FI/c1-4(2)6(8)5(3)7/h4-6H,1-3H3. The molecule has 8 heavy (non-hydrogen) atoms. The molecule has 0 N–H and O–H groups in total. The van der Waals surface area contributed by atoms with Crippen molar-refractivity contribution in [1.82, 2.24) is 0 Å². The first-order valence-corrected chi connectivity index (χ1v) is 4.08. The number of halogens is 2. The zero-order valence-corrected chi connectivity index (χ0v) is 7.65. The molecule has 0 radical (unpaired) electrons. The van der Waals surface area contributed by atoms with Gasteiger partial charge in [0.15, 0.2) is 0 Å². The number of rotatable bonds is 2. The topological polar surface area (TPSA) is 0 Å². The number of alkyl halides is 2. The summed E-state index contributed by atoms with van der Waals surface area (Å²) >= 11 is 2.15. The molecule has 0 aliphatic rings. The summed E-state index contributed by atoms with van der Waals surface area (Å²) in [5, 5.41) is 0. The van der Waals surface area contributed by atoms with E-state index in [1.165, 1.54) is 0 Å². The fraction of sp³-hybridized carbons (Fsp3) is 1.00. The molecule has 50 valence electrons. The monoisotopic (exact) mass is 230 g/mol. The summed E-state index contributed by atoms with van der Waals surface area (Å²) in [4.78, 5) is 0. The van der Waals surface area contributed by atoms with Crippen LogP contribution in [0.1, 0.15) is 20.8 Å². The van der Waals surface area contributed by atoms with E-state index in [0.717, 1.165) is 0 Å². The number of hydrogen-bond donors (Lipinski definition) is 0. The zero-order chi connectivity index (χ0) is 6.73. The van der Waals surface area contributed by atoms with Crippen LogP contribution in [0.2, 0.25) is 0 Å². The lowest BCUT2D eigenvalue weighted by Gasteiger charge is -2.13. The van der Waals surface area contributed by atoms with Crippen molar-refractivity contribution in [1.29, 1.82) is 0 Å². The summed E-state index contributed by atoms with van der Waals surface area (Å²) < 4.78 is 12.5. The molecule has 2 heteroatoms. The second-order valence-corrected chi connectivity index (χ2v) is 3.80. The van der Waals surface area contributed by atoms with E-state index in [1.807, 2.05) is 13.8 Å². The summed E-state index contributed by atoms with van der Waals surface area (Å²) in [6.07, 6.45) is -0.671. The van der Waals surface area contributed by atoms with Crippen LogP contribution in [0.3, 0.4) is 0 Å². The third kappa shape index (κ3) is 2.84. The molecule has 0 aromatic heterocycles. The van der Waals surface area contributed by atoms with Crippen molar-refractivity contribution in [2.75, 3.05) is 0 Å². The smallest absolute Gasteiger partial charge is 0.109 e. The van der Waals surface area contributed by atoms with E-state index in [2.05, 4.69) is 22.6 Å². The van der Waals surface area contributed by atoms with Crippen LogP contribution < -0.4 is 0 Å². The van der Waals surface area contributed by atoms with E-state index in [-0.39, 0.29) is 3.92 Å². The van der Waals surface area contributed by atoms with Crippen molar-refractivity contribution in [3.63, 3.8) is 0 Å². The van der Waals surface area contributed by atoms with Gasteiger partial charge in [-0.2, -0.15) is 0 Å². The van der Waals surface area contributed by atoms with E-state index >= 15 is 0 Å². The second-order valence-electron chi connectivity index (χ2n) is 2.37. The molecule has 0 aromatic rings. The SMILES string of the molecule is CC(C)C(I)C(C)F. The maximum Gasteiger partial charge on any atom is 0.109 e. The minimum atomic E-state index is -0.671. The highest BCUT2D eigenvalue weighted by Crippen LogP contribution is 2.18. The molecular weight excluding hydrogens is 218 g/mol. The van der Waals surface area contributed by atoms with E-state index in [0.29, 0.717) is 5.92 Å². The van der Waals surface area contributed by atoms with Crippen LogP contribution >= 0.6 is 22.6 Å². The highest BCUT2D eigenvalue weighted by Gasteiger charge is 2.15. The van der Waals surface area contributed by atoms with Crippen molar-refractivity contribution >= 4 is 22.6 Å². The Balaban J connectivity index is 3.46. The lowest BCUT2D eigenvalue weighted by molar-refractivity contribution is 0.326. The fourth-order valence-corrected chi connectivity index (χ4v) is 0.530. The van der Waals surface area contributed by atoms with Gasteiger partial charge in [0.25, 0.3) is 0 Å². The van der Waals surface area contributed by atoms with Crippen LogP contribution in [-0.2, 0) is 0 Å². The molecule has 0 amide bonds. The zero-order valence-electron chi connectivity index (χ0n) is 5.49. The van der Waals surface area contributed by atoms with E-state index in [4.69, 9.17) is 0 Å². The van der Waals surface area contributed by atoms with Gasteiger partial charge in [-0.25, -0.2) is 4.39 Å². The minimum Gasteiger partial charge on any atom is -0.247 e. The normalized spacial score (nSPS) is 18.8. The highest BCUT2D eigenvalue weighted by atomic mass is 127. The van der Waals surface area contributed by atoms with Crippen molar-refractivity contribution in [2.24, 2.45) is 5.92 Å². The summed E-state index contributed by atoms with van der Waals surface area (Å²) in [7, 11) is 0. The fourth-order valence-electron chi connectivity index (χ4n) is 0.530. The Kier molecular flexibility index (Phi) is 3.94. The molecule has 2 atom stereocenters. The van der Waals surface area contributed by atoms with E-state index in [9.17, 15) is 4.39 Å². The van der Waals surface area contributed by atoms with Crippen LogP contribution in [0.4, 0.5) is 4.39 Å². The molecule has 2 unspecified atom stereocenters. The summed E-state index contributed by atoms with van der Waals surface area (Å²) in [5.74, 6) is 0.454. The first kappa shape index (κ1) is 8.66. The van der Waals surface area contributed by atoms with Gasteiger partial charge in [0, 0.05) is 3.92 Å². The average molecular weight is 230 g/mol. The molecule has 0 heterocycles. The van der Waals surface area contributed by atoms with Gasteiger partial charge in [-0.15, -0.1) is 0 Å². The first-order valence-electron chi connectivity index (χ1n) is 2.84. The molecule has 0 aliphatic heterocycles. The molecule has 0 fully saturated rings. The van der Waals surface area contributed by atoms with Gasteiger partial charge in [0.05, 0.1) is 0 Å². The van der Waals surface area contributed by atoms with E-state index < -0.39 is 6.17 Å². The molecule has 0 aromatic carbocycles.